The molecule has 0 heterocycles. The van der Waals surface area contributed by atoms with Crippen molar-refractivity contribution in [3.8, 4) is 0 Å². The van der Waals surface area contributed by atoms with Crippen molar-refractivity contribution < 1.29 is 24.5 Å². The number of hydrogen-bond donors (Lipinski definition) is 3. The maximum absolute atomic E-state index is 13.2. The van der Waals surface area contributed by atoms with Crippen LogP contribution in [0.2, 0.25) is 0 Å². The maximum atomic E-state index is 13.2. The van der Waals surface area contributed by atoms with Gasteiger partial charge in [0.2, 0.25) is 5.91 Å². The number of nitrogens with one attached hydrogen (secondary N) is 1. The molecule has 0 aliphatic rings. The minimum Gasteiger partial charge on any atom is -0.462 e. The smallest absolute Gasteiger partial charge is 0.306 e. The fourth-order valence-corrected chi connectivity index (χ4v) is 8.22. The highest BCUT2D eigenvalue weighted by atomic mass is 16.5. The Morgan fingerprint density at radius 3 is 1.27 bits per heavy atom. The molecule has 0 aliphatic heterocycles. The van der Waals surface area contributed by atoms with Crippen molar-refractivity contribution in [2.24, 2.45) is 0 Å². The first kappa shape index (κ1) is 61.6. The summed E-state index contributed by atoms with van der Waals surface area (Å²) in [5.74, 6) is -0.506. The SMILES string of the molecule is CC/C=C\C/C=C\C/C=C\C/C=C\C/C=C\CCCCCC(=O)OC(CCCCCCCCCCCC)CC(=O)NC(CO)C(O)CCCCCCCCCCCCCCCCCC. The second-order valence-corrected chi connectivity index (χ2v) is 18.6. The number of rotatable bonds is 49. The Kier molecular flexibility index (Phi) is 49.6. The van der Waals surface area contributed by atoms with Crippen LogP contribution in [0.25, 0.3) is 0 Å². The summed E-state index contributed by atoms with van der Waals surface area (Å²) >= 11 is 0. The molecule has 0 bridgehead atoms. The Labute approximate surface area is 397 Å². The normalized spacial score (nSPS) is 13.6. The Bertz CT molecular complexity index is 1140. The van der Waals surface area contributed by atoms with E-state index in [-0.39, 0.29) is 24.9 Å². The number of amides is 1. The summed E-state index contributed by atoms with van der Waals surface area (Å²) < 4.78 is 5.92. The average Bonchev–Trinajstić information content (AvgIpc) is 3.29. The number of esters is 1. The van der Waals surface area contributed by atoms with Crippen molar-refractivity contribution in [2.45, 2.75) is 289 Å². The van der Waals surface area contributed by atoms with Gasteiger partial charge < -0.3 is 20.3 Å². The van der Waals surface area contributed by atoms with Crippen molar-refractivity contribution in [1.82, 2.24) is 5.32 Å². The first-order valence-corrected chi connectivity index (χ1v) is 27.5. The van der Waals surface area contributed by atoms with Gasteiger partial charge in [-0.15, -0.1) is 0 Å². The molecule has 0 aliphatic carbocycles. The minimum atomic E-state index is -0.793. The summed E-state index contributed by atoms with van der Waals surface area (Å²) in [6.07, 6.45) is 64.3. The number of aliphatic hydroxyl groups is 2. The fourth-order valence-electron chi connectivity index (χ4n) is 8.22. The van der Waals surface area contributed by atoms with Crippen molar-refractivity contribution in [3.63, 3.8) is 0 Å². The van der Waals surface area contributed by atoms with Gasteiger partial charge in [0.25, 0.3) is 0 Å². The predicted octanol–water partition coefficient (Wildman–Crippen LogP) is 16.8. The van der Waals surface area contributed by atoms with E-state index in [0.29, 0.717) is 19.3 Å². The van der Waals surface area contributed by atoms with E-state index in [4.69, 9.17) is 4.74 Å². The number of ether oxygens (including phenoxy) is 1. The summed E-state index contributed by atoms with van der Waals surface area (Å²) in [4.78, 5) is 26.2. The van der Waals surface area contributed by atoms with E-state index in [0.717, 1.165) is 96.3 Å². The van der Waals surface area contributed by atoms with Gasteiger partial charge in [-0.2, -0.15) is 0 Å². The molecule has 3 atom stereocenters. The highest BCUT2D eigenvalue weighted by Gasteiger charge is 2.24. The number of carbonyl (C=O) groups is 2. The molecule has 0 radical (unpaired) electrons. The van der Waals surface area contributed by atoms with E-state index >= 15 is 0 Å². The third-order valence-corrected chi connectivity index (χ3v) is 12.4. The molecule has 64 heavy (non-hydrogen) atoms. The van der Waals surface area contributed by atoms with Crippen LogP contribution >= 0.6 is 0 Å². The van der Waals surface area contributed by atoms with Gasteiger partial charge in [-0.25, -0.2) is 0 Å². The number of unbranched alkanes of at least 4 members (excludes halogenated alkanes) is 27. The van der Waals surface area contributed by atoms with Gasteiger partial charge in [0.1, 0.15) is 6.10 Å². The quantitative estimate of drug-likeness (QED) is 0.0321. The third kappa shape index (κ3) is 46.1. The van der Waals surface area contributed by atoms with Crippen LogP contribution in [0.5, 0.6) is 0 Å². The molecule has 0 saturated carbocycles. The number of allylic oxidation sites excluding steroid dienone is 10. The number of carbonyl (C=O) groups excluding carboxylic acids is 2. The van der Waals surface area contributed by atoms with Crippen molar-refractivity contribution >= 4 is 11.9 Å². The predicted molar refractivity (Wildman–Crippen MR) is 278 cm³/mol. The Morgan fingerprint density at radius 2 is 0.844 bits per heavy atom. The van der Waals surface area contributed by atoms with E-state index in [2.05, 4.69) is 86.8 Å². The number of aliphatic hydroxyl groups excluding tert-OH is 2. The minimum absolute atomic E-state index is 0.0650. The monoisotopic (exact) mass is 896 g/mol. The molecule has 3 unspecified atom stereocenters. The maximum Gasteiger partial charge on any atom is 0.306 e. The fraction of sp³-hybridized carbons (Fsp3) is 0.793. The molecule has 1 amide bonds. The molecule has 0 aromatic heterocycles. The molecular formula is C58H105NO5. The van der Waals surface area contributed by atoms with Crippen molar-refractivity contribution in [2.75, 3.05) is 6.61 Å². The molecule has 0 rings (SSSR count). The number of hydrogen-bond acceptors (Lipinski definition) is 5. The third-order valence-electron chi connectivity index (χ3n) is 12.4. The van der Waals surface area contributed by atoms with Gasteiger partial charge in [0, 0.05) is 6.42 Å². The van der Waals surface area contributed by atoms with Crippen LogP contribution in [0.15, 0.2) is 60.8 Å². The van der Waals surface area contributed by atoms with Gasteiger partial charge in [0.05, 0.1) is 25.2 Å². The first-order chi connectivity index (χ1) is 31.5. The van der Waals surface area contributed by atoms with E-state index in [1.165, 1.54) is 128 Å². The van der Waals surface area contributed by atoms with Crippen LogP contribution in [0.4, 0.5) is 0 Å². The van der Waals surface area contributed by atoms with Gasteiger partial charge in [-0.1, -0.05) is 248 Å². The highest BCUT2D eigenvalue weighted by molar-refractivity contribution is 5.77. The molecule has 0 aromatic carbocycles. The van der Waals surface area contributed by atoms with Gasteiger partial charge in [0.15, 0.2) is 0 Å². The molecule has 0 saturated heterocycles. The zero-order valence-corrected chi connectivity index (χ0v) is 42.4. The van der Waals surface area contributed by atoms with Gasteiger partial charge in [-0.05, 0) is 70.6 Å². The zero-order chi connectivity index (χ0) is 46.7. The summed E-state index contributed by atoms with van der Waals surface area (Å²) in [5, 5.41) is 23.8. The lowest BCUT2D eigenvalue weighted by Gasteiger charge is -2.24. The Balaban J connectivity index is 4.50. The molecular weight excluding hydrogens is 791 g/mol. The summed E-state index contributed by atoms with van der Waals surface area (Å²) in [7, 11) is 0. The van der Waals surface area contributed by atoms with Crippen LogP contribution in [0.1, 0.15) is 271 Å². The van der Waals surface area contributed by atoms with Crippen LogP contribution in [-0.2, 0) is 14.3 Å². The van der Waals surface area contributed by atoms with E-state index in [9.17, 15) is 19.8 Å². The standard InChI is InChI=1S/C58H105NO5/c1-4-7-10-13-16-19-22-24-26-28-29-30-32-34-36-39-42-45-48-51-58(63)64-54(49-46-43-40-37-21-18-15-12-9-6-3)52-57(62)59-55(53-60)56(61)50-47-44-41-38-35-33-31-27-25-23-20-17-14-11-8-5-2/h7,10,16,19,24,26,29-30,34,36,54-56,60-61H,4-6,8-9,11-15,17-18,20-23,25,27-28,31-33,35,37-53H2,1-3H3,(H,59,62)/b10-7-,19-16-,26-24-,30-29-,36-34-. The summed E-state index contributed by atoms with van der Waals surface area (Å²) in [6, 6.07) is -0.708. The van der Waals surface area contributed by atoms with E-state index in [1.54, 1.807) is 0 Å². The lowest BCUT2D eigenvalue weighted by atomic mass is 10.0. The molecule has 6 heteroatoms. The van der Waals surface area contributed by atoms with Gasteiger partial charge >= 0.3 is 5.97 Å². The highest BCUT2D eigenvalue weighted by Crippen LogP contribution is 2.18. The second-order valence-electron chi connectivity index (χ2n) is 18.6. The summed E-state index contributed by atoms with van der Waals surface area (Å²) in [5.41, 5.74) is 0. The molecule has 0 spiro atoms. The van der Waals surface area contributed by atoms with Crippen LogP contribution in [0.3, 0.4) is 0 Å². The van der Waals surface area contributed by atoms with Gasteiger partial charge in [-0.3, -0.25) is 9.59 Å². The lowest BCUT2D eigenvalue weighted by Crippen LogP contribution is -2.46. The molecule has 3 N–H and O–H groups in total. The topological polar surface area (TPSA) is 95.9 Å². The van der Waals surface area contributed by atoms with Crippen LogP contribution < -0.4 is 5.32 Å². The largest absolute Gasteiger partial charge is 0.462 e. The summed E-state index contributed by atoms with van der Waals surface area (Å²) in [6.45, 7) is 6.37. The van der Waals surface area contributed by atoms with Crippen LogP contribution in [0, 0.1) is 0 Å². The Morgan fingerprint density at radius 1 is 0.469 bits per heavy atom. The van der Waals surface area contributed by atoms with Crippen molar-refractivity contribution in [1.29, 1.82) is 0 Å². The second kappa shape index (κ2) is 51.5. The Hall–Kier alpha value is -2.44. The molecule has 372 valence electrons. The first-order valence-electron chi connectivity index (χ1n) is 27.5. The van der Waals surface area contributed by atoms with Crippen LogP contribution in [-0.4, -0.2) is 46.9 Å². The van der Waals surface area contributed by atoms with E-state index < -0.39 is 18.2 Å². The molecule has 0 fully saturated rings. The lowest BCUT2D eigenvalue weighted by molar-refractivity contribution is -0.151. The molecule has 0 aromatic rings. The zero-order valence-electron chi connectivity index (χ0n) is 42.4. The van der Waals surface area contributed by atoms with Crippen molar-refractivity contribution in [3.05, 3.63) is 60.8 Å². The van der Waals surface area contributed by atoms with E-state index in [1.807, 2.05) is 0 Å². The average molecular weight is 896 g/mol. The molecule has 6 nitrogen and oxygen atoms in total.